The summed E-state index contributed by atoms with van der Waals surface area (Å²) in [6.45, 7) is 2.36. The summed E-state index contributed by atoms with van der Waals surface area (Å²) >= 11 is 0. The van der Waals surface area contributed by atoms with Crippen LogP contribution >= 0.6 is 0 Å². The summed E-state index contributed by atoms with van der Waals surface area (Å²) in [7, 11) is 0. The molecule has 1 amide bonds. The van der Waals surface area contributed by atoms with E-state index in [2.05, 4.69) is 16.5 Å². The first-order valence-corrected chi connectivity index (χ1v) is 8.89. The van der Waals surface area contributed by atoms with Gasteiger partial charge in [0.1, 0.15) is 13.2 Å². The van der Waals surface area contributed by atoms with Gasteiger partial charge in [-0.15, -0.1) is 5.10 Å². The number of likely N-dealkylation sites (tertiary alicyclic amines) is 1. The third-order valence-corrected chi connectivity index (χ3v) is 5.14. The Bertz CT molecular complexity index is 814. The summed E-state index contributed by atoms with van der Waals surface area (Å²) < 4.78 is 13.2. The number of fused-ring (bicyclic) bond motifs is 1. The van der Waals surface area contributed by atoms with Crippen LogP contribution in [0.25, 0.3) is 0 Å². The fourth-order valence-corrected chi connectivity index (χ4v) is 3.59. The highest BCUT2D eigenvalue weighted by Crippen LogP contribution is 2.39. The maximum absolute atomic E-state index is 13.0. The Kier molecular flexibility index (Phi) is 3.39. The molecular formula is C18H20N4O3. The van der Waals surface area contributed by atoms with Gasteiger partial charge in [0.2, 0.25) is 0 Å². The summed E-state index contributed by atoms with van der Waals surface area (Å²) in [5.41, 5.74) is 1.67. The molecule has 25 heavy (non-hydrogen) atoms. The first kappa shape index (κ1) is 14.7. The first-order valence-electron chi connectivity index (χ1n) is 8.89. The van der Waals surface area contributed by atoms with Crippen molar-refractivity contribution in [1.29, 1.82) is 0 Å². The Morgan fingerprint density at radius 1 is 1.16 bits per heavy atom. The zero-order valence-corrected chi connectivity index (χ0v) is 13.9. The zero-order valence-electron chi connectivity index (χ0n) is 13.9. The van der Waals surface area contributed by atoms with Crippen molar-refractivity contribution in [3.8, 4) is 11.5 Å². The molecule has 2 aliphatic heterocycles. The van der Waals surface area contributed by atoms with Crippen LogP contribution in [0.2, 0.25) is 0 Å². The van der Waals surface area contributed by atoms with Gasteiger partial charge in [-0.25, -0.2) is 4.68 Å². The molecule has 7 nitrogen and oxygen atoms in total. The standard InChI is InChI=1S/C18H20N4O3/c23-18(14-2-1-3-16-17(14)25-9-8-24-16)21-7-6-13(10-21)22-11-15(19-20-22)12-4-5-12/h1-3,11-13H,4-10H2/t13-/m1/s1. The molecule has 1 atom stereocenters. The van der Waals surface area contributed by atoms with Crippen LogP contribution in [0, 0.1) is 0 Å². The second-order valence-corrected chi connectivity index (χ2v) is 6.92. The second-order valence-electron chi connectivity index (χ2n) is 6.92. The van der Waals surface area contributed by atoms with Crippen molar-refractivity contribution < 1.29 is 14.3 Å². The second kappa shape index (κ2) is 5.75. The minimum absolute atomic E-state index is 0.00705. The molecule has 130 valence electrons. The van der Waals surface area contributed by atoms with E-state index in [4.69, 9.17) is 9.47 Å². The van der Waals surface area contributed by atoms with Gasteiger partial charge in [-0.3, -0.25) is 4.79 Å². The fraction of sp³-hybridized carbons (Fsp3) is 0.500. The minimum Gasteiger partial charge on any atom is -0.486 e. The molecule has 1 saturated carbocycles. The number of hydrogen-bond acceptors (Lipinski definition) is 5. The molecule has 1 aromatic carbocycles. The van der Waals surface area contributed by atoms with Gasteiger partial charge in [-0.2, -0.15) is 0 Å². The quantitative estimate of drug-likeness (QED) is 0.855. The van der Waals surface area contributed by atoms with Crippen LogP contribution in [0.15, 0.2) is 24.4 Å². The highest BCUT2D eigenvalue weighted by atomic mass is 16.6. The molecule has 1 aliphatic carbocycles. The monoisotopic (exact) mass is 340 g/mol. The maximum Gasteiger partial charge on any atom is 0.257 e. The molecule has 3 heterocycles. The summed E-state index contributed by atoms with van der Waals surface area (Å²) in [6.07, 6.45) is 5.38. The lowest BCUT2D eigenvalue weighted by Gasteiger charge is -2.23. The predicted octanol–water partition coefficient (Wildman–Crippen LogP) is 2.01. The number of ether oxygens (including phenoxy) is 2. The van der Waals surface area contributed by atoms with Crippen molar-refractivity contribution in [2.24, 2.45) is 0 Å². The van der Waals surface area contributed by atoms with E-state index >= 15 is 0 Å². The number of carbonyl (C=O) groups excluding carboxylic acids is 1. The number of hydrogen-bond donors (Lipinski definition) is 0. The van der Waals surface area contributed by atoms with Crippen molar-refractivity contribution in [3.63, 3.8) is 0 Å². The van der Waals surface area contributed by atoms with Crippen LogP contribution < -0.4 is 9.47 Å². The number of para-hydroxylation sites is 1. The maximum atomic E-state index is 13.0. The topological polar surface area (TPSA) is 69.5 Å². The molecular weight excluding hydrogens is 320 g/mol. The van der Waals surface area contributed by atoms with Gasteiger partial charge >= 0.3 is 0 Å². The lowest BCUT2D eigenvalue weighted by atomic mass is 10.1. The molecule has 7 heteroatoms. The molecule has 0 N–H and O–H groups in total. The fourth-order valence-electron chi connectivity index (χ4n) is 3.59. The number of rotatable bonds is 3. The molecule has 2 aromatic rings. The molecule has 1 saturated heterocycles. The van der Waals surface area contributed by atoms with Gasteiger partial charge in [0.05, 0.1) is 17.3 Å². The van der Waals surface area contributed by atoms with Gasteiger partial charge in [-0.1, -0.05) is 11.3 Å². The summed E-state index contributed by atoms with van der Waals surface area (Å²) in [5.74, 6) is 1.81. The number of aromatic nitrogens is 3. The highest BCUT2D eigenvalue weighted by molar-refractivity contribution is 5.98. The SMILES string of the molecule is O=C(c1cccc2c1OCCO2)N1CC[C@@H](n2cc(C3CC3)nn2)C1. The molecule has 0 bridgehead atoms. The van der Waals surface area contributed by atoms with Gasteiger partial charge in [0.15, 0.2) is 11.5 Å². The summed E-state index contributed by atoms with van der Waals surface area (Å²) in [4.78, 5) is 14.8. The number of nitrogens with zero attached hydrogens (tertiary/aromatic N) is 4. The molecule has 0 spiro atoms. The normalized spacial score (nSPS) is 22.2. The molecule has 5 rings (SSSR count). The lowest BCUT2D eigenvalue weighted by Crippen LogP contribution is -2.30. The Balaban J connectivity index is 1.33. The Hall–Kier alpha value is -2.57. The zero-order chi connectivity index (χ0) is 16.8. The number of amides is 1. The van der Waals surface area contributed by atoms with E-state index in [9.17, 15) is 4.79 Å². The predicted molar refractivity (Wildman–Crippen MR) is 89.0 cm³/mol. The van der Waals surface area contributed by atoms with Crippen LogP contribution in [0.4, 0.5) is 0 Å². The number of carbonyl (C=O) groups is 1. The number of benzene rings is 1. The van der Waals surface area contributed by atoms with Gasteiger partial charge in [0, 0.05) is 25.2 Å². The van der Waals surface area contributed by atoms with Crippen LogP contribution in [-0.4, -0.2) is 52.1 Å². The van der Waals surface area contributed by atoms with E-state index in [1.165, 1.54) is 12.8 Å². The van der Waals surface area contributed by atoms with E-state index < -0.39 is 0 Å². The van der Waals surface area contributed by atoms with E-state index in [-0.39, 0.29) is 11.9 Å². The Labute approximate surface area is 145 Å². The van der Waals surface area contributed by atoms with Crippen molar-refractivity contribution in [2.75, 3.05) is 26.3 Å². The third-order valence-electron chi connectivity index (χ3n) is 5.14. The van der Waals surface area contributed by atoms with Crippen molar-refractivity contribution in [2.45, 2.75) is 31.2 Å². The van der Waals surface area contributed by atoms with Gasteiger partial charge in [0.25, 0.3) is 5.91 Å². The van der Waals surface area contributed by atoms with Crippen molar-refractivity contribution >= 4 is 5.91 Å². The Morgan fingerprint density at radius 3 is 2.92 bits per heavy atom. The van der Waals surface area contributed by atoms with E-state index in [1.54, 1.807) is 0 Å². The van der Waals surface area contributed by atoms with E-state index in [0.717, 1.165) is 12.1 Å². The lowest BCUT2D eigenvalue weighted by molar-refractivity contribution is 0.0776. The van der Waals surface area contributed by atoms with Crippen LogP contribution in [0.1, 0.15) is 47.3 Å². The average molecular weight is 340 g/mol. The van der Waals surface area contributed by atoms with E-state index in [0.29, 0.717) is 49.3 Å². The van der Waals surface area contributed by atoms with Crippen molar-refractivity contribution in [1.82, 2.24) is 19.9 Å². The van der Waals surface area contributed by atoms with Crippen LogP contribution in [0.3, 0.4) is 0 Å². The van der Waals surface area contributed by atoms with Crippen LogP contribution in [0.5, 0.6) is 11.5 Å². The molecule has 2 fully saturated rings. The third kappa shape index (κ3) is 2.63. The largest absolute Gasteiger partial charge is 0.486 e. The molecule has 3 aliphatic rings. The van der Waals surface area contributed by atoms with Gasteiger partial charge in [-0.05, 0) is 31.4 Å². The highest BCUT2D eigenvalue weighted by Gasteiger charge is 2.33. The minimum atomic E-state index is -0.00705. The summed E-state index contributed by atoms with van der Waals surface area (Å²) in [5, 5.41) is 8.56. The van der Waals surface area contributed by atoms with Crippen LogP contribution in [-0.2, 0) is 0 Å². The molecule has 1 aromatic heterocycles. The summed E-state index contributed by atoms with van der Waals surface area (Å²) in [6, 6.07) is 5.69. The molecule has 0 unspecified atom stereocenters. The average Bonchev–Trinajstić information content (AvgIpc) is 3.19. The van der Waals surface area contributed by atoms with Gasteiger partial charge < -0.3 is 14.4 Å². The van der Waals surface area contributed by atoms with E-state index in [1.807, 2.05) is 27.8 Å². The molecule has 0 radical (unpaired) electrons. The first-order chi connectivity index (χ1) is 12.3. The van der Waals surface area contributed by atoms with Crippen molar-refractivity contribution in [3.05, 3.63) is 35.7 Å². The Morgan fingerprint density at radius 2 is 2.04 bits per heavy atom. The smallest absolute Gasteiger partial charge is 0.257 e.